The van der Waals surface area contributed by atoms with E-state index in [-0.39, 0.29) is 12.5 Å². The summed E-state index contributed by atoms with van der Waals surface area (Å²) in [6.07, 6.45) is 1.14. The fourth-order valence-electron chi connectivity index (χ4n) is 2.70. The van der Waals surface area contributed by atoms with Crippen LogP contribution in [0.25, 0.3) is 0 Å². The Labute approximate surface area is 145 Å². The van der Waals surface area contributed by atoms with E-state index >= 15 is 0 Å². The van der Waals surface area contributed by atoms with Crippen LogP contribution in [0.15, 0.2) is 24.3 Å². The summed E-state index contributed by atoms with van der Waals surface area (Å²) in [5, 5.41) is 0. The molecule has 1 aliphatic rings. The van der Waals surface area contributed by atoms with Gasteiger partial charge < -0.3 is 9.80 Å². The molecule has 7 heteroatoms. The monoisotopic (exact) mass is 353 g/mol. The predicted molar refractivity (Wildman–Crippen MR) is 96.8 cm³/mol. The van der Waals surface area contributed by atoms with Crippen LogP contribution in [0.4, 0.5) is 5.69 Å². The number of sulfonamides is 1. The Balaban J connectivity index is 2.16. The molecule has 1 aromatic rings. The predicted octanol–water partition coefficient (Wildman–Crippen LogP) is 1.35. The maximum atomic E-state index is 12.5. The van der Waals surface area contributed by atoms with Crippen molar-refractivity contribution < 1.29 is 13.2 Å². The molecule has 2 rings (SSSR count). The van der Waals surface area contributed by atoms with Crippen LogP contribution in [-0.4, -0.2) is 70.2 Å². The Bertz CT molecular complexity index is 663. The highest BCUT2D eigenvalue weighted by Crippen LogP contribution is 2.22. The van der Waals surface area contributed by atoms with Gasteiger partial charge in [0.05, 0.1) is 11.9 Å². The molecule has 1 heterocycles. The van der Waals surface area contributed by atoms with Gasteiger partial charge in [-0.1, -0.05) is 26.0 Å². The average molecular weight is 353 g/mol. The smallest absolute Gasteiger partial charge is 0.243 e. The quantitative estimate of drug-likeness (QED) is 0.802. The second kappa shape index (κ2) is 7.53. The lowest BCUT2D eigenvalue weighted by Gasteiger charge is -2.34. The van der Waals surface area contributed by atoms with Crippen molar-refractivity contribution >= 4 is 21.6 Å². The lowest BCUT2D eigenvalue weighted by Crippen LogP contribution is -2.50. The van der Waals surface area contributed by atoms with Crippen molar-refractivity contribution in [2.45, 2.75) is 19.8 Å². The van der Waals surface area contributed by atoms with Gasteiger partial charge >= 0.3 is 0 Å². The second-order valence-corrected chi connectivity index (χ2v) is 8.61. The van der Waals surface area contributed by atoms with Crippen LogP contribution < -0.4 is 4.31 Å². The normalized spacial score (nSPS) is 16.5. The van der Waals surface area contributed by atoms with Crippen molar-refractivity contribution in [2.24, 2.45) is 0 Å². The lowest BCUT2D eigenvalue weighted by atomic mass is 10.0. The van der Waals surface area contributed by atoms with E-state index in [2.05, 4.69) is 18.7 Å². The van der Waals surface area contributed by atoms with Gasteiger partial charge in [-0.3, -0.25) is 9.10 Å². The third-order valence-electron chi connectivity index (χ3n) is 4.38. The molecule has 0 N–H and O–H groups in total. The molecule has 1 fully saturated rings. The highest BCUT2D eigenvalue weighted by atomic mass is 32.2. The number of benzene rings is 1. The molecule has 0 radical (unpaired) electrons. The van der Waals surface area contributed by atoms with Crippen molar-refractivity contribution in [2.75, 3.05) is 50.3 Å². The van der Waals surface area contributed by atoms with E-state index < -0.39 is 10.0 Å². The van der Waals surface area contributed by atoms with Gasteiger partial charge in [0.1, 0.15) is 6.54 Å². The molecule has 0 unspecified atom stereocenters. The van der Waals surface area contributed by atoms with Crippen molar-refractivity contribution in [3.8, 4) is 0 Å². The molecule has 0 aliphatic carbocycles. The molecule has 0 aromatic heterocycles. The molecule has 1 aromatic carbocycles. The van der Waals surface area contributed by atoms with Gasteiger partial charge in [0, 0.05) is 26.2 Å². The van der Waals surface area contributed by atoms with Gasteiger partial charge in [-0.15, -0.1) is 0 Å². The zero-order valence-corrected chi connectivity index (χ0v) is 15.7. The largest absolute Gasteiger partial charge is 0.339 e. The van der Waals surface area contributed by atoms with E-state index in [1.165, 1.54) is 4.31 Å². The minimum atomic E-state index is -3.52. The third-order valence-corrected chi connectivity index (χ3v) is 5.52. The van der Waals surface area contributed by atoms with E-state index in [9.17, 15) is 13.2 Å². The summed E-state index contributed by atoms with van der Waals surface area (Å²) < 4.78 is 25.5. The van der Waals surface area contributed by atoms with E-state index in [0.717, 1.165) is 24.9 Å². The molecule has 1 aliphatic heterocycles. The third kappa shape index (κ3) is 4.70. The number of carbonyl (C=O) groups is 1. The maximum absolute atomic E-state index is 12.5. The first-order valence-corrected chi connectivity index (χ1v) is 10.1. The van der Waals surface area contributed by atoms with E-state index in [1.807, 2.05) is 19.2 Å². The first-order chi connectivity index (χ1) is 11.2. The number of carbonyl (C=O) groups excluding carboxylic acids is 1. The summed E-state index contributed by atoms with van der Waals surface area (Å²) in [5.74, 6) is 0.221. The molecule has 24 heavy (non-hydrogen) atoms. The number of amides is 1. The van der Waals surface area contributed by atoms with Gasteiger partial charge in [-0.05, 0) is 30.7 Å². The van der Waals surface area contributed by atoms with Crippen LogP contribution in [0, 0.1) is 0 Å². The van der Waals surface area contributed by atoms with E-state index in [4.69, 9.17) is 0 Å². The molecule has 1 saturated heterocycles. The zero-order valence-electron chi connectivity index (χ0n) is 14.9. The molecule has 1 amide bonds. The van der Waals surface area contributed by atoms with Gasteiger partial charge in [0.25, 0.3) is 0 Å². The Hall–Kier alpha value is -1.60. The number of nitrogens with zero attached hydrogens (tertiary/aromatic N) is 3. The molecule has 0 atom stereocenters. The first kappa shape index (κ1) is 18.7. The lowest BCUT2D eigenvalue weighted by molar-refractivity contribution is -0.131. The molecular formula is C17H27N3O3S. The summed E-state index contributed by atoms with van der Waals surface area (Å²) in [4.78, 5) is 16.4. The molecule has 134 valence electrons. The Kier molecular flexibility index (Phi) is 5.87. The van der Waals surface area contributed by atoms with Gasteiger partial charge in [0.2, 0.25) is 15.9 Å². The minimum absolute atomic E-state index is 0.149. The summed E-state index contributed by atoms with van der Waals surface area (Å²) >= 11 is 0. The average Bonchev–Trinajstić information content (AvgIpc) is 2.52. The Morgan fingerprint density at radius 3 is 2.12 bits per heavy atom. The van der Waals surface area contributed by atoms with Gasteiger partial charge in [0.15, 0.2) is 0 Å². The second-order valence-electron chi connectivity index (χ2n) is 6.70. The van der Waals surface area contributed by atoms with Gasteiger partial charge in [-0.25, -0.2) is 8.42 Å². The van der Waals surface area contributed by atoms with Crippen LogP contribution in [0.3, 0.4) is 0 Å². The zero-order chi connectivity index (χ0) is 17.9. The van der Waals surface area contributed by atoms with Crippen molar-refractivity contribution in [1.82, 2.24) is 9.80 Å². The number of likely N-dealkylation sites (N-methyl/N-ethyl adjacent to an activating group) is 1. The minimum Gasteiger partial charge on any atom is -0.339 e. The van der Waals surface area contributed by atoms with Crippen LogP contribution >= 0.6 is 0 Å². The topological polar surface area (TPSA) is 60.9 Å². The van der Waals surface area contributed by atoms with Crippen LogP contribution in [0.2, 0.25) is 0 Å². The Morgan fingerprint density at radius 2 is 1.67 bits per heavy atom. The van der Waals surface area contributed by atoms with Crippen molar-refractivity contribution in [3.63, 3.8) is 0 Å². The summed E-state index contributed by atoms with van der Waals surface area (Å²) in [5.41, 5.74) is 1.67. The number of piperazine rings is 1. The molecular weight excluding hydrogens is 326 g/mol. The van der Waals surface area contributed by atoms with Crippen molar-refractivity contribution in [3.05, 3.63) is 29.8 Å². The highest BCUT2D eigenvalue weighted by molar-refractivity contribution is 7.92. The van der Waals surface area contributed by atoms with Crippen LogP contribution in [0.5, 0.6) is 0 Å². The molecule has 0 saturated carbocycles. The number of hydrogen-bond acceptors (Lipinski definition) is 4. The van der Waals surface area contributed by atoms with E-state index in [0.29, 0.717) is 24.7 Å². The van der Waals surface area contributed by atoms with Crippen LogP contribution in [-0.2, 0) is 14.8 Å². The van der Waals surface area contributed by atoms with Crippen molar-refractivity contribution in [1.29, 1.82) is 0 Å². The maximum Gasteiger partial charge on any atom is 0.243 e. The van der Waals surface area contributed by atoms with Gasteiger partial charge in [-0.2, -0.15) is 0 Å². The standard InChI is InChI=1S/C17H27N3O3S/c1-14(2)15-5-7-16(8-6-15)20(24(4,22)23)13-17(21)19-11-9-18(3)10-12-19/h5-8,14H,9-13H2,1-4H3. The summed E-state index contributed by atoms with van der Waals surface area (Å²) in [6.45, 7) is 6.92. The summed E-state index contributed by atoms with van der Waals surface area (Å²) in [7, 11) is -1.51. The SMILES string of the molecule is CC(C)c1ccc(N(CC(=O)N2CCN(C)CC2)S(C)(=O)=O)cc1. The number of anilines is 1. The highest BCUT2D eigenvalue weighted by Gasteiger charge is 2.25. The van der Waals surface area contributed by atoms with E-state index in [1.54, 1.807) is 17.0 Å². The first-order valence-electron chi connectivity index (χ1n) is 8.22. The number of hydrogen-bond donors (Lipinski definition) is 0. The summed E-state index contributed by atoms with van der Waals surface area (Å²) in [6, 6.07) is 7.37. The molecule has 6 nitrogen and oxygen atoms in total. The number of rotatable bonds is 5. The fourth-order valence-corrected chi connectivity index (χ4v) is 3.55. The molecule has 0 spiro atoms. The molecule has 0 bridgehead atoms. The fraction of sp³-hybridized carbons (Fsp3) is 0.588. The Morgan fingerprint density at radius 1 is 1.12 bits per heavy atom. The van der Waals surface area contributed by atoms with Crippen LogP contribution in [0.1, 0.15) is 25.3 Å².